The number of alkyl halides is 3. The zero-order chi connectivity index (χ0) is 22.9. The number of likely N-dealkylation sites (N-methyl/N-ethyl adjacent to an activating group) is 1. The molecule has 0 saturated heterocycles. The minimum absolute atomic E-state index is 0.0731. The van der Waals surface area contributed by atoms with E-state index in [1.165, 1.54) is 30.1 Å². The zero-order valence-corrected chi connectivity index (χ0v) is 17.3. The van der Waals surface area contributed by atoms with Crippen molar-refractivity contribution in [3.05, 3.63) is 48.0 Å². The molecule has 32 heavy (non-hydrogen) atoms. The lowest BCUT2D eigenvalue weighted by atomic mass is 9.84. The number of ether oxygens (including phenoxy) is 3. The third kappa shape index (κ3) is 4.22. The van der Waals surface area contributed by atoms with Crippen molar-refractivity contribution in [3.63, 3.8) is 0 Å². The highest BCUT2D eigenvalue weighted by atomic mass is 19.4. The average molecular weight is 449 g/mol. The number of hydrogen-bond acceptors (Lipinski definition) is 6. The first-order valence-electron chi connectivity index (χ1n) is 10.0. The van der Waals surface area contributed by atoms with Crippen molar-refractivity contribution in [2.75, 3.05) is 26.9 Å². The molecule has 1 amide bonds. The maximum Gasteiger partial charge on any atom is 0.573 e. The maximum absolute atomic E-state index is 13.3. The van der Waals surface area contributed by atoms with E-state index in [0.29, 0.717) is 42.1 Å². The average Bonchev–Trinajstić information content (AvgIpc) is 2.96. The smallest absolute Gasteiger partial charge is 0.493 e. The van der Waals surface area contributed by atoms with Crippen molar-refractivity contribution in [2.45, 2.75) is 24.7 Å². The minimum Gasteiger partial charge on any atom is -0.493 e. The van der Waals surface area contributed by atoms with Gasteiger partial charge in [0.25, 0.3) is 5.91 Å². The number of halogens is 3. The number of rotatable bonds is 2. The summed E-state index contributed by atoms with van der Waals surface area (Å²) in [6, 6.07) is 10.8. The van der Waals surface area contributed by atoms with Crippen LogP contribution >= 0.6 is 0 Å². The summed E-state index contributed by atoms with van der Waals surface area (Å²) >= 11 is 0. The summed E-state index contributed by atoms with van der Waals surface area (Å²) in [4.78, 5) is 19.0. The van der Waals surface area contributed by atoms with Crippen LogP contribution in [0.1, 0.15) is 18.4 Å². The first kappa shape index (κ1) is 21.9. The van der Waals surface area contributed by atoms with Gasteiger partial charge in [0.05, 0.1) is 6.61 Å². The lowest BCUT2D eigenvalue weighted by Crippen LogP contribution is -2.41. The number of carbonyl (C=O) groups excluding carboxylic acids is 1. The summed E-state index contributed by atoms with van der Waals surface area (Å²) in [5, 5.41) is 0. The Hall–Kier alpha value is -3.27. The second kappa shape index (κ2) is 8.34. The summed E-state index contributed by atoms with van der Waals surface area (Å²) in [5.41, 5.74) is 6.17. The Labute approximate surface area is 182 Å². The van der Waals surface area contributed by atoms with E-state index in [9.17, 15) is 18.0 Å². The maximum atomic E-state index is 13.3. The molecule has 2 aliphatic rings. The molecule has 0 fully saturated rings. The summed E-state index contributed by atoms with van der Waals surface area (Å²) in [6.07, 6.45) is -3.88. The predicted octanol–water partition coefficient (Wildman–Crippen LogP) is 3.42. The molecule has 7 nitrogen and oxygen atoms in total. The van der Waals surface area contributed by atoms with Crippen LogP contribution in [-0.2, 0) is 15.1 Å². The molecule has 0 aromatic heterocycles. The number of nitrogens with two attached hydrogens (primary N) is 1. The molecular formula is C22H22F3N3O4. The number of benzene rings is 2. The second-order valence-electron chi connectivity index (χ2n) is 7.55. The molecule has 0 bridgehead atoms. The first-order chi connectivity index (χ1) is 15.2. The lowest BCUT2D eigenvalue weighted by molar-refractivity contribution is -0.274. The third-order valence-corrected chi connectivity index (χ3v) is 5.43. The van der Waals surface area contributed by atoms with Crippen molar-refractivity contribution in [1.82, 2.24) is 4.90 Å². The van der Waals surface area contributed by atoms with E-state index in [2.05, 4.69) is 9.73 Å². The summed E-state index contributed by atoms with van der Waals surface area (Å²) in [6.45, 7) is 1.15. The van der Waals surface area contributed by atoms with E-state index in [-0.39, 0.29) is 30.6 Å². The number of nitrogens with zero attached hydrogens (tertiary/aromatic N) is 2. The van der Waals surface area contributed by atoms with Gasteiger partial charge in [0.2, 0.25) is 0 Å². The standard InChI is InChI=1S/C22H22F3N3O4/c1-28-19(29)21(27-20(28)26)8-11-30-9-3-10-31-18-7-6-15(13-17(18)21)14-4-2-5-16(12-14)32-22(23,24)25/h2,4-7,12-13H,3,8-11H2,1H3,(H2,26,27). The van der Waals surface area contributed by atoms with Crippen molar-refractivity contribution in [2.24, 2.45) is 10.7 Å². The van der Waals surface area contributed by atoms with Gasteiger partial charge in [-0.3, -0.25) is 9.69 Å². The second-order valence-corrected chi connectivity index (χ2v) is 7.55. The number of guanidine groups is 1. The van der Waals surface area contributed by atoms with Crippen molar-refractivity contribution >= 4 is 11.9 Å². The van der Waals surface area contributed by atoms with Crippen LogP contribution in [0.5, 0.6) is 11.5 Å². The zero-order valence-electron chi connectivity index (χ0n) is 17.3. The van der Waals surface area contributed by atoms with Crippen LogP contribution < -0.4 is 15.2 Å². The van der Waals surface area contributed by atoms with Crippen molar-refractivity contribution < 1.29 is 32.2 Å². The van der Waals surface area contributed by atoms with Gasteiger partial charge < -0.3 is 19.9 Å². The fraction of sp³-hybridized carbons (Fsp3) is 0.364. The monoisotopic (exact) mass is 449 g/mol. The highest BCUT2D eigenvalue weighted by Gasteiger charge is 2.49. The number of aliphatic imine (C=N–C) groups is 1. The van der Waals surface area contributed by atoms with Crippen molar-refractivity contribution in [3.8, 4) is 22.6 Å². The molecular weight excluding hydrogens is 427 g/mol. The number of amides is 1. The van der Waals surface area contributed by atoms with Crippen LogP contribution in [0.2, 0.25) is 0 Å². The van der Waals surface area contributed by atoms with Crippen LogP contribution in [-0.4, -0.2) is 50.0 Å². The van der Waals surface area contributed by atoms with Crippen LogP contribution in [0.15, 0.2) is 47.5 Å². The minimum atomic E-state index is -4.80. The molecule has 2 aromatic rings. The fourth-order valence-electron chi connectivity index (χ4n) is 3.87. The lowest BCUT2D eigenvalue weighted by Gasteiger charge is -2.29. The molecule has 1 unspecified atom stereocenters. The van der Waals surface area contributed by atoms with Gasteiger partial charge >= 0.3 is 6.36 Å². The van der Waals surface area contributed by atoms with E-state index < -0.39 is 11.9 Å². The van der Waals surface area contributed by atoms with Crippen LogP contribution in [0.25, 0.3) is 11.1 Å². The summed E-state index contributed by atoms with van der Waals surface area (Å²) in [7, 11) is 1.54. The van der Waals surface area contributed by atoms with Gasteiger partial charge in [-0.2, -0.15) is 0 Å². The third-order valence-electron chi connectivity index (χ3n) is 5.43. The fourth-order valence-corrected chi connectivity index (χ4v) is 3.87. The van der Waals surface area contributed by atoms with E-state index in [1.807, 2.05) is 0 Å². The van der Waals surface area contributed by atoms with Crippen LogP contribution in [0, 0.1) is 0 Å². The van der Waals surface area contributed by atoms with Gasteiger partial charge in [0.1, 0.15) is 11.5 Å². The summed E-state index contributed by atoms with van der Waals surface area (Å²) in [5.74, 6) is -0.119. The van der Waals surface area contributed by atoms with E-state index in [0.717, 1.165) is 0 Å². The number of carbonyl (C=O) groups is 1. The Balaban J connectivity index is 1.83. The molecule has 2 aliphatic heterocycles. The topological polar surface area (TPSA) is 86.4 Å². The molecule has 2 N–H and O–H groups in total. The van der Waals surface area contributed by atoms with E-state index in [4.69, 9.17) is 15.2 Å². The molecule has 0 saturated carbocycles. The molecule has 2 aromatic carbocycles. The molecule has 4 rings (SSSR count). The largest absolute Gasteiger partial charge is 0.573 e. The van der Waals surface area contributed by atoms with Crippen LogP contribution in [0.4, 0.5) is 13.2 Å². The van der Waals surface area contributed by atoms with Crippen molar-refractivity contribution in [1.29, 1.82) is 0 Å². The quantitative estimate of drug-likeness (QED) is 0.759. The SMILES string of the molecule is CN1C(=O)C2(CCOCCCOc3ccc(-c4cccc(OC(F)(F)F)c4)cc32)N=C1N. The Morgan fingerprint density at radius 1 is 1.12 bits per heavy atom. The number of fused-ring (bicyclic) bond motifs is 2. The van der Waals surface area contributed by atoms with Gasteiger partial charge in [-0.1, -0.05) is 18.2 Å². The van der Waals surface area contributed by atoms with Gasteiger partial charge in [0.15, 0.2) is 11.5 Å². The van der Waals surface area contributed by atoms with Gasteiger partial charge in [0, 0.05) is 38.7 Å². The highest BCUT2D eigenvalue weighted by Crippen LogP contribution is 2.43. The van der Waals surface area contributed by atoms with Gasteiger partial charge in [-0.05, 0) is 35.4 Å². The molecule has 2 heterocycles. The van der Waals surface area contributed by atoms with E-state index >= 15 is 0 Å². The number of hydrogen-bond donors (Lipinski definition) is 1. The normalized spacial score (nSPS) is 21.7. The first-order valence-corrected chi connectivity index (χ1v) is 10.0. The van der Waals surface area contributed by atoms with Crippen LogP contribution in [0.3, 0.4) is 0 Å². The Morgan fingerprint density at radius 3 is 2.62 bits per heavy atom. The van der Waals surface area contributed by atoms with E-state index in [1.54, 1.807) is 24.3 Å². The molecule has 0 radical (unpaired) electrons. The molecule has 1 atom stereocenters. The highest BCUT2D eigenvalue weighted by molar-refractivity contribution is 6.07. The van der Waals surface area contributed by atoms with Gasteiger partial charge in [-0.15, -0.1) is 13.2 Å². The Bertz CT molecular complexity index is 1060. The summed E-state index contributed by atoms with van der Waals surface area (Å²) < 4.78 is 53.5. The predicted molar refractivity (Wildman–Crippen MR) is 110 cm³/mol. The Morgan fingerprint density at radius 2 is 1.91 bits per heavy atom. The molecule has 170 valence electrons. The van der Waals surface area contributed by atoms with Gasteiger partial charge in [-0.25, -0.2) is 4.99 Å². The Kier molecular flexibility index (Phi) is 5.72. The molecule has 10 heteroatoms. The molecule has 0 aliphatic carbocycles. The molecule has 1 spiro atoms.